The summed E-state index contributed by atoms with van der Waals surface area (Å²) in [7, 11) is -3.33. The fraction of sp³-hybridized carbons (Fsp3) is 0.111. The Balaban J connectivity index is 1.87. The maximum Gasteiger partial charge on any atom is 0.247 e. The number of aryl methyl sites for hydroxylation is 1. The van der Waals surface area contributed by atoms with Crippen molar-refractivity contribution in [3.05, 3.63) is 53.6 Å². The summed E-state index contributed by atoms with van der Waals surface area (Å²) in [5.74, 6) is 0.891. The van der Waals surface area contributed by atoms with Crippen LogP contribution in [0.5, 0.6) is 0 Å². The van der Waals surface area contributed by atoms with E-state index in [2.05, 4.69) is 10.2 Å². The summed E-state index contributed by atoms with van der Waals surface area (Å²) in [6.45, 7) is 1.72. The summed E-state index contributed by atoms with van der Waals surface area (Å²) in [5.41, 5.74) is 2.85. The van der Waals surface area contributed by atoms with Crippen LogP contribution in [0.3, 0.4) is 0 Å². The topological polar surface area (TPSA) is 86.2 Å². The number of nitrogens with zero attached hydrogens (tertiary/aromatic N) is 2. The van der Waals surface area contributed by atoms with E-state index < -0.39 is 9.84 Å². The Morgan fingerprint density at radius 3 is 2.50 bits per heavy atom. The zero-order valence-corrected chi connectivity index (χ0v) is 15.4. The number of halogens is 1. The highest BCUT2D eigenvalue weighted by atomic mass is 35.5. The van der Waals surface area contributed by atoms with Gasteiger partial charge in [-0.1, -0.05) is 17.7 Å². The predicted molar refractivity (Wildman–Crippen MR) is 97.8 cm³/mol. The first kappa shape index (κ1) is 16.8. The molecule has 6 nitrogen and oxygen atoms in total. The second-order valence-electron chi connectivity index (χ2n) is 5.90. The lowest BCUT2D eigenvalue weighted by molar-refractivity contribution is 0.533. The first-order valence-corrected chi connectivity index (χ1v) is 9.91. The van der Waals surface area contributed by atoms with Crippen LogP contribution in [0.15, 0.2) is 56.4 Å². The van der Waals surface area contributed by atoms with Crippen LogP contribution in [0, 0.1) is 6.92 Å². The Morgan fingerprint density at radius 1 is 1.04 bits per heavy atom. The average Bonchev–Trinajstić information content (AvgIpc) is 3.19. The number of furan rings is 1. The maximum atomic E-state index is 11.7. The van der Waals surface area contributed by atoms with Gasteiger partial charge < -0.3 is 8.83 Å². The second-order valence-corrected chi connectivity index (χ2v) is 8.32. The highest BCUT2D eigenvalue weighted by Crippen LogP contribution is 2.37. The first-order valence-electron chi connectivity index (χ1n) is 7.64. The Labute approximate surface area is 154 Å². The third kappa shape index (κ3) is 2.89. The average molecular weight is 389 g/mol. The van der Waals surface area contributed by atoms with Crippen LogP contribution in [0.25, 0.3) is 33.6 Å². The van der Waals surface area contributed by atoms with E-state index in [1.165, 1.54) is 12.1 Å². The van der Waals surface area contributed by atoms with Gasteiger partial charge in [-0.2, -0.15) is 0 Å². The molecule has 0 aliphatic rings. The van der Waals surface area contributed by atoms with Gasteiger partial charge in [0.05, 0.1) is 11.2 Å². The molecule has 0 N–H and O–H groups in total. The van der Waals surface area contributed by atoms with Crippen LogP contribution >= 0.6 is 11.6 Å². The molecule has 2 aromatic heterocycles. The molecule has 26 heavy (non-hydrogen) atoms. The number of benzene rings is 2. The van der Waals surface area contributed by atoms with Gasteiger partial charge in [0.2, 0.25) is 11.8 Å². The van der Waals surface area contributed by atoms with Crippen LogP contribution in [0.4, 0.5) is 0 Å². The van der Waals surface area contributed by atoms with Gasteiger partial charge in [0.1, 0.15) is 5.58 Å². The smallest absolute Gasteiger partial charge is 0.247 e. The molecule has 0 atom stereocenters. The summed E-state index contributed by atoms with van der Waals surface area (Å²) in [4.78, 5) is 0.168. The van der Waals surface area contributed by atoms with Crippen LogP contribution in [-0.2, 0) is 9.84 Å². The molecule has 132 valence electrons. The largest absolute Gasteiger partial charge is 0.464 e. The number of rotatable bonds is 3. The van der Waals surface area contributed by atoms with Gasteiger partial charge in [0, 0.05) is 40.3 Å². The number of fused-ring (bicyclic) bond motifs is 1. The minimum absolute atomic E-state index is 0.168. The molecule has 0 spiro atoms. The van der Waals surface area contributed by atoms with Gasteiger partial charge in [-0.15, -0.1) is 10.2 Å². The Hall–Kier alpha value is -2.64. The SMILES string of the molecule is Cc1nnc(-c2ccc3occ(-c4ccc(S(C)(=O)=O)cc4Cl)c3c2)o1. The monoisotopic (exact) mass is 388 g/mol. The third-order valence-corrected chi connectivity index (χ3v) is 5.43. The van der Waals surface area contributed by atoms with E-state index in [1.54, 1.807) is 19.3 Å². The lowest BCUT2D eigenvalue weighted by Gasteiger charge is -2.05. The fourth-order valence-corrected chi connectivity index (χ4v) is 3.72. The molecule has 0 aliphatic carbocycles. The first-order chi connectivity index (χ1) is 12.3. The van der Waals surface area contributed by atoms with Crippen molar-refractivity contribution in [3.63, 3.8) is 0 Å². The highest BCUT2D eigenvalue weighted by molar-refractivity contribution is 7.90. The highest BCUT2D eigenvalue weighted by Gasteiger charge is 2.16. The molecule has 0 saturated carbocycles. The fourth-order valence-electron chi connectivity index (χ4n) is 2.73. The van der Waals surface area contributed by atoms with E-state index in [4.69, 9.17) is 20.4 Å². The van der Waals surface area contributed by atoms with Gasteiger partial charge in [0.15, 0.2) is 9.84 Å². The lowest BCUT2D eigenvalue weighted by Crippen LogP contribution is -1.96. The number of aromatic nitrogens is 2. The van der Waals surface area contributed by atoms with E-state index in [9.17, 15) is 8.42 Å². The van der Waals surface area contributed by atoms with Crippen molar-refractivity contribution in [2.24, 2.45) is 0 Å². The van der Waals surface area contributed by atoms with E-state index in [0.29, 0.717) is 28.0 Å². The predicted octanol–water partition coefficient (Wildman–Crippen LogP) is 4.52. The van der Waals surface area contributed by atoms with Gasteiger partial charge in [0.25, 0.3) is 0 Å². The minimum atomic E-state index is -3.33. The molecular weight excluding hydrogens is 376 g/mol. The second kappa shape index (κ2) is 5.96. The van der Waals surface area contributed by atoms with Crippen molar-refractivity contribution in [2.75, 3.05) is 6.26 Å². The third-order valence-electron chi connectivity index (χ3n) is 4.01. The van der Waals surface area contributed by atoms with Crippen molar-refractivity contribution in [3.8, 4) is 22.6 Å². The zero-order chi connectivity index (χ0) is 18.5. The molecular formula is C18H13ClN2O4S. The van der Waals surface area contributed by atoms with Crippen LogP contribution < -0.4 is 0 Å². The summed E-state index contributed by atoms with van der Waals surface area (Å²) < 4.78 is 34.5. The maximum absolute atomic E-state index is 11.7. The minimum Gasteiger partial charge on any atom is -0.464 e. The molecule has 0 radical (unpaired) electrons. The number of sulfone groups is 1. The molecule has 8 heteroatoms. The molecule has 2 aromatic carbocycles. The molecule has 4 aromatic rings. The van der Waals surface area contributed by atoms with E-state index in [-0.39, 0.29) is 4.90 Å². The molecule has 0 unspecified atom stereocenters. The molecule has 0 saturated heterocycles. The standard InChI is InChI=1S/C18H13ClN2O4S/c1-10-20-21-18(25-10)11-3-6-17-14(7-11)15(9-24-17)13-5-4-12(8-16(13)19)26(2,22)23/h3-9H,1-2H3. The number of hydrogen-bond donors (Lipinski definition) is 0. The van der Waals surface area contributed by atoms with E-state index >= 15 is 0 Å². The van der Waals surface area contributed by atoms with E-state index in [0.717, 1.165) is 22.8 Å². The van der Waals surface area contributed by atoms with Crippen molar-refractivity contribution >= 4 is 32.4 Å². The van der Waals surface area contributed by atoms with Crippen LogP contribution in [0.2, 0.25) is 5.02 Å². The molecule has 0 aliphatic heterocycles. The van der Waals surface area contributed by atoms with E-state index in [1.807, 2.05) is 18.2 Å². The quantitative estimate of drug-likeness (QED) is 0.513. The van der Waals surface area contributed by atoms with Gasteiger partial charge >= 0.3 is 0 Å². The van der Waals surface area contributed by atoms with Gasteiger partial charge in [-0.25, -0.2) is 8.42 Å². The zero-order valence-electron chi connectivity index (χ0n) is 13.9. The van der Waals surface area contributed by atoms with Crippen molar-refractivity contribution in [2.45, 2.75) is 11.8 Å². The molecule has 4 rings (SSSR count). The molecule has 2 heterocycles. The van der Waals surface area contributed by atoms with Crippen molar-refractivity contribution in [1.29, 1.82) is 0 Å². The van der Waals surface area contributed by atoms with Crippen molar-refractivity contribution < 1.29 is 17.3 Å². The van der Waals surface area contributed by atoms with Crippen LogP contribution in [-0.4, -0.2) is 24.9 Å². The van der Waals surface area contributed by atoms with Gasteiger partial charge in [-0.3, -0.25) is 0 Å². The summed E-state index contributed by atoms with van der Waals surface area (Å²) in [5, 5.41) is 9.01. The molecule has 0 fully saturated rings. The Morgan fingerprint density at radius 2 is 1.85 bits per heavy atom. The Kier molecular flexibility index (Phi) is 3.86. The lowest BCUT2D eigenvalue weighted by atomic mass is 10.0. The summed E-state index contributed by atoms with van der Waals surface area (Å²) in [6, 6.07) is 10.2. The summed E-state index contributed by atoms with van der Waals surface area (Å²) in [6.07, 6.45) is 2.74. The number of hydrogen-bond acceptors (Lipinski definition) is 6. The van der Waals surface area contributed by atoms with Crippen LogP contribution in [0.1, 0.15) is 5.89 Å². The van der Waals surface area contributed by atoms with Gasteiger partial charge in [-0.05, 0) is 30.3 Å². The normalized spacial score (nSPS) is 12.0. The van der Waals surface area contributed by atoms with Crippen molar-refractivity contribution in [1.82, 2.24) is 10.2 Å². The Bertz CT molecular complexity index is 1240. The molecule has 0 bridgehead atoms. The summed E-state index contributed by atoms with van der Waals surface area (Å²) >= 11 is 6.34. The molecule has 0 amide bonds.